The number of carbonyl (C=O) groups is 8. The number of imidazole rings is 1. The molecule has 2 saturated carbocycles. The van der Waals surface area contributed by atoms with Crippen molar-refractivity contribution in [3.63, 3.8) is 0 Å². The Morgan fingerprint density at radius 1 is 0.632 bits per heavy atom. The van der Waals surface area contributed by atoms with Gasteiger partial charge in [0.25, 0.3) is 11.8 Å². The van der Waals surface area contributed by atoms with E-state index in [1.54, 1.807) is 36.4 Å². The van der Waals surface area contributed by atoms with E-state index in [0.29, 0.717) is 22.5 Å². The fourth-order valence-corrected chi connectivity index (χ4v) is 9.16. The first-order valence-corrected chi connectivity index (χ1v) is 23.1. The lowest BCUT2D eigenvalue weighted by molar-refractivity contribution is 0.0388. The first-order valence-electron chi connectivity index (χ1n) is 21.4. The van der Waals surface area contributed by atoms with Crippen molar-refractivity contribution in [2.24, 2.45) is 18.9 Å². The van der Waals surface area contributed by atoms with Gasteiger partial charge in [0, 0.05) is 36.2 Å². The number of hydrogen-bond donors (Lipinski definition) is 6. The molecule has 23 heteroatoms. The lowest BCUT2D eigenvalue weighted by atomic mass is 9.94. The Labute approximate surface area is 394 Å². The molecule has 4 aromatic heterocycles. The topological polar surface area (TPSA) is 288 Å². The summed E-state index contributed by atoms with van der Waals surface area (Å²) in [6.45, 7) is 3.74. The van der Waals surface area contributed by atoms with Crippen molar-refractivity contribution < 1.29 is 47.5 Å². The zero-order chi connectivity index (χ0) is 48.1. The molecule has 6 aromatic rings. The number of nitrogens with zero attached hydrogens (tertiary/aromatic N) is 5. The predicted octanol–water partition coefficient (Wildman–Crippen LogP) is 8.47. The van der Waals surface area contributed by atoms with Gasteiger partial charge >= 0.3 is 30.0 Å². The third kappa shape index (κ3) is 11.0. The summed E-state index contributed by atoms with van der Waals surface area (Å²) in [6, 6.07) is 8.70. The van der Waals surface area contributed by atoms with Crippen molar-refractivity contribution in [3.05, 3.63) is 105 Å². The van der Waals surface area contributed by atoms with Crippen LogP contribution in [0.1, 0.15) is 124 Å². The number of Topliss-reactive ketones (excluding diaryl/α,β-unsaturated/α-hetero) is 2. The number of esters is 2. The second-order valence-electron chi connectivity index (χ2n) is 16.2. The molecule has 0 aliphatic heterocycles. The standard InChI is InChI=1S/C45H43N11O10S2/c1-22-12-14-28(26(16-22)34(57)24-8-4-5-9-24)49-41(63)54-44-46-18-32(67-44)36(59)52-40-48-30(20-56(40)3)38(61)66-39(62)31-21-65-43(51-31)53-37(60)33-19-47-45(68-33)55-42(64)50-29-15-13-23(2)17-27(29)35(58)25-10-6-7-11-25/h12-21,24-25H,4-11H2,1-3H3,(H,48,52,59)(H,51,53,60)(H2,46,49,54,63)(H2,47,50,55,64). The summed E-state index contributed by atoms with van der Waals surface area (Å²) >= 11 is 1.70. The monoisotopic (exact) mass is 961 g/mol. The van der Waals surface area contributed by atoms with Gasteiger partial charge in [0.2, 0.25) is 5.95 Å². The summed E-state index contributed by atoms with van der Waals surface area (Å²) in [7, 11) is 1.48. The molecule has 8 rings (SSSR count). The molecular weight excluding hydrogens is 919 g/mol. The number of aromatic nitrogens is 5. The molecule has 0 atom stereocenters. The van der Waals surface area contributed by atoms with Crippen LogP contribution in [0, 0.1) is 25.7 Å². The van der Waals surface area contributed by atoms with E-state index in [2.05, 4.69) is 51.8 Å². The highest BCUT2D eigenvalue weighted by atomic mass is 32.1. The summed E-state index contributed by atoms with van der Waals surface area (Å²) in [5.74, 6) is -4.11. The number of benzene rings is 2. The fraction of sp³-hybridized carbons (Fsp3) is 0.289. The van der Waals surface area contributed by atoms with Crippen LogP contribution in [0.25, 0.3) is 0 Å². The Morgan fingerprint density at radius 2 is 1.12 bits per heavy atom. The van der Waals surface area contributed by atoms with Gasteiger partial charge in [-0.3, -0.25) is 40.4 Å². The number of nitrogens with one attached hydrogen (secondary N) is 6. The molecule has 2 aliphatic carbocycles. The highest BCUT2D eigenvalue weighted by Crippen LogP contribution is 2.33. The van der Waals surface area contributed by atoms with Crippen LogP contribution in [-0.2, 0) is 11.8 Å². The number of anilines is 6. The molecule has 6 amide bonds. The quantitative estimate of drug-likeness (QED) is 0.0339. The van der Waals surface area contributed by atoms with Crippen LogP contribution in [0.15, 0.2) is 65.7 Å². The first-order chi connectivity index (χ1) is 32.7. The van der Waals surface area contributed by atoms with E-state index >= 15 is 0 Å². The van der Waals surface area contributed by atoms with Crippen LogP contribution in [-0.4, -0.2) is 71.9 Å². The van der Waals surface area contributed by atoms with Crippen molar-refractivity contribution >= 4 is 104 Å². The van der Waals surface area contributed by atoms with E-state index in [9.17, 15) is 38.4 Å². The van der Waals surface area contributed by atoms with Crippen LogP contribution >= 0.6 is 22.7 Å². The normalized spacial score (nSPS) is 13.7. The zero-order valence-corrected chi connectivity index (χ0v) is 38.4. The molecule has 0 radical (unpaired) electrons. The number of oxazole rings is 1. The molecule has 0 bridgehead atoms. The van der Waals surface area contributed by atoms with E-state index in [1.807, 2.05) is 13.8 Å². The first kappa shape index (κ1) is 46.6. The lowest BCUT2D eigenvalue weighted by Gasteiger charge is -2.14. The number of thiazole rings is 2. The summed E-state index contributed by atoms with van der Waals surface area (Å²) in [6.07, 6.45) is 11.7. The number of rotatable bonds is 14. The molecule has 4 heterocycles. The predicted molar refractivity (Wildman–Crippen MR) is 250 cm³/mol. The molecule has 68 heavy (non-hydrogen) atoms. The van der Waals surface area contributed by atoms with Crippen LogP contribution in [0.4, 0.5) is 43.2 Å². The van der Waals surface area contributed by atoms with Gasteiger partial charge in [-0.05, 0) is 63.8 Å². The molecule has 2 fully saturated rings. The maximum Gasteiger partial charge on any atom is 0.368 e. The average molecular weight is 962 g/mol. The minimum Gasteiger partial charge on any atom is -0.431 e. The molecule has 2 aromatic carbocycles. The van der Waals surface area contributed by atoms with Gasteiger partial charge in [-0.2, -0.15) is 4.98 Å². The fourth-order valence-electron chi connectivity index (χ4n) is 7.75. The van der Waals surface area contributed by atoms with Crippen LogP contribution in [0.3, 0.4) is 0 Å². The smallest absolute Gasteiger partial charge is 0.368 e. The second-order valence-corrected chi connectivity index (χ2v) is 18.3. The van der Waals surface area contributed by atoms with E-state index in [0.717, 1.165) is 91.4 Å². The van der Waals surface area contributed by atoms with E-state index in [-0.39, 0.29) is 55.1 Å². The highest BCUT2D eigenvalue weighted by Gasteiger charge is 2.29. The van der Waals surface area contributed by atoms with Crippen molar-refractivity contribution in [3.8, 4) is 0 Å². The molecule has 0 saturated heterocycles. The highest BCUT2D eigenvalue weighted by molar-refractivity contribution is 7.18. The number of carbonyl (C=O) groups excluding carboxylic acids is 8. The van der Waals surface area contributed by atoms with Crippen LogP contribution < -0.4 is 31.9 Å². The van der Waals surface area contributed by atoms with Gasteiger partial charge in [-0.25, -0.2) is 34.1 Å². The van der Waals surface area contributed by atoms with Gasteiger partial charge in [0.15, 0.2) is 33.2 Å². The number of aryl methyl sites for hydroxylation is 3. The molecule has 6 N–H and O–H groups in total. The van der Waals surface area contributed by atoms with Gasteiger partial charge in [0.05, 0.1) is 23.8 Å². The van der Waals surface area contributed by atoms with Gasteiger partial charge in [-0.1, -0.05) is 71.6 Å². The third-order valence-electron chi connectivity index (χ3n) is 11.2. The van der Waals surface area contributed by atoms with Gasteiger partial charge in [-0.15, -0.1) is 0 Å². The number of amides is 6. The third-order valence-corrected chi connectivity index (χ3v) is 13.0. The molecule has 2 aliphatic rings. The Kier molecular flexibility index (Phi) is 13.9. The largest absolute Gasteiger partial charge is 0.431 e. The van der Waals surface area contributed by atoms with E-state index in [4.69, 9.17) is 9.15 Å². The Hall–Kier alpha value is -7.92. The summed E-state index contributed by atoms with van der Waals surface area (Å²) in [5, 5.41) is 15.6. The SMILES string of the molecule is Cc1ccc(NC(=O)Nc2ncc(C(=O)Nc3nc(C(=O)OC(=O)c4cn(C)c(NC(=O)c5cnc(NC(=O)Nc6ccc(C)cc6C(=O)C6CCCC6)s5)n4)co3)s2)c(C(=O)C2CCCC2)c1. The molecule has 0 unspecified atom stereocenters. The van der Waals surface area contributed by atoms with Crippen molar-refractivity contribution in [2.45, 2.75) is 65.2 Å². The van der Waals surface area contributed by atoms with Crippen molar-refractivity contribution in [2.75, 3.05) is 31.9 Å². The Balaban J connectivity index is 0.804. The molecule has 0 spiro atoms. The van der Waals surface area contributed by atoms with E-state index < -0.39 is 47.5 Å². The number of hydrogen-bond acceptors (Lipinski definition) is 16. The second kappa shape index (κ2) is 20.3. The number of ketones is 2. The van der Waals surface area contributed by atoms with Crippen molar-refractivity contribution in [1.82, 2.24) is 24.5 Å². The number of urea groups is 2. The Bertz CT molecular complexity index is 2980. The zero-order valence-electron chi connectivity index (χ0n) is 36.7. The number of ether oxygens (including phenoxy) is 1. The minimum absolute atomic E-state index is 0.00855. The van der Waals surface area contributed by atoms with Gasteiger partial charge in [0.1, 0.15) is 16.0 Å². The van der Waals surface area contributed by atoms with Crippen molar-refractivity contribution in [1.29, 1.82) is 0 Å². The molecule has 21 nitrogen and oxygen atoms in total. The summed E-state index contributed by atoms with van der Waals surface area (Å²) in [4.78, 5) is 120. The Morgan fingerprint density at radius 3 is 1.63 bits per heavy atom. The van der Waals surface area contributed by atoms with Gasteiger partial charge < -0.3 is 24.4 Å². The lowest BCUT2D eigenvalue weighted by Crippen LogP contribution is -2.22. The molecular formula is C45H43N11O10S2. The average Bonchev–Trinajstić information content (AvgIpc) is 4.17. The summed E-state index contributed by atoms with van der Waals surface area (Å²) < 4.78 is 11.4. The minimum atomic E-state index is -1.24. The molecule has 350 valence electrons. The maximum atomic E-state index is 13.2. The maximum absolute atomic E-state index is 13.2. The van der Waals surface area contributed by atoms with Crippen LogP contribution in [0.5, 0.6) is 0 Å². The van der Waals surface area contributed by atoms with E-state index in [1.165, 1.54) is 30.2 Å². The van der Waals surface area contributed by atoms with Crippen LogP contribution in [0.2, 0.25) is 0 Å². The summed E-state index contributed by atoms with van der Waals surface area (Å²) in [5.41, 5.74) is 2.54.